The summed E-state index contributed by atoms with van der Waals surface area (Å²) in [5.74, 6) is -0.325. The summed E-state index contributed by atoms with van der Waals surface area (Å²) in [6, 6.07) is 16.5. The number of hydrogen-bond donors (Lipinski definition) is 1. The SMILES string of the molecule is O=C(Nc1ccc(Cl)cc1-n1cccc1)c1cnc2ccccc2n1. The van der Waals surface area contributed by atoms with Gasteiger partial charge < -0.3 is 9.88 Å². The van der Waals surface area contributed by atoms with E-state index in [1.165, 1.54) is 6.20 Å². The highest BCUT2D eigenvalue weighted by Gasteiger charge is 2.13. The molecule has 0 fully saturated rings. The zero-order valence-corrected chi connectivity index (χ0v) is 13.8. The first kappa shape index (κ1) is 15.4. The molecule has 0 aliphatic rings. The fourth-order valence-corrected chi connectivity index (χ4v) is 2.74. The molecule has 122 valence electrons. The molecule has 0 saturated carbocycles. The van der Waals surface area contributed by atoms with Gasteiger partial charge in [-0.2, -0.15) is 0 Å². The molecule has 5 nitrogen and oxygen atoms in total. The Kier molecular flexibility index (Phi) is 3.91. The number of nitrogens with zero attached hydrogens (tertiary/aromatic N) is 3. The quantitative estimate of drug-likeness (QED) is 0.599. The molecule has 2 heterocycles. The predicted octanol–water partition coefficient (Wildman–Crippen LogP) is 4.33. The number of benzene rings is 2. The van der Waals surface area contributed by atoms with E-state index in [-0.39, 0.29) is 11.6 Å². The number of nitrogens with one attached hydrogen (secondary N) is 1. The van der Waals surface area contributed by atoms with Crippen LogP contribution in [0.4, 0.5) is 5.69 Å². The number of rotatable bonds is 3. The molecule has 0 bridgehead atoms. The Hall–Kier alpha value is -3.18. The molecule has 0 spiro atoms. The molecular formula is C19H13ClN4O. The minimum absolute atomic E-state index is 0.257. The van der Waals surface area contributed by atoms with Gasteiger partial charge in [0.1, 0.15) is 5.69 Å². The third-order valence-electron chi connectivity index (χ3n) is 3.77. The normalized spacial score (nSPS) is 10.8. The Bertz CT molecular complexity index is 1060. The fourth-order valence-electron chi connectivity index (χ4n) is 2.57. The molecule has 4 aromatic rings. The van der Waals surface area contributed by atoms with Crippen LogP contribution in [-0.4, -0.2) is 20.4 Å². The molecule has 0 aliphatic carbocycles. The van der Waals surface area contributed by atoms with Crippen LogP contribution in [0, 0.1) is 0 Å². The van der Waals surface area contributed by atoms with Crippen LogP contribution < -0.4 is 5.32 Å². The summed E-state index contributed by atoms with van der Waals surface area (Å²) in [4.78, 5) is 21.3. The summed E-state index contributed by atoms with van der Waals surface area (Å²) >= 11 is 6.10. The second-order valence-corrected chi connectivity index (χ2v) is 5.89. The van der Waals surface area contributed by atoms with Crippen molar-refractivity contribution in [3.8, 4) is 5.69 Å². The van der Waals surface area contributed by atoms with Crippen LogP contribution in [-0.2, 0) is 0 Å². The van der Waals surface area contributed by atoms with E-state index in [2.05, 4.69) is 15.3 Å². The van der Waals surface area contributed by atoms with Crippen molar-refractivity contribution in [2.75, 3.05) is 5.32 Å². The van der Waals surface area contributed by atoms with Gasteiger partial charge in [0, 0.05) is 17.4 Å². The van der Waals surface area contributed by atoms with E-state index in [4.69, 9.17) is 11.6 Å². The number of para-hydroxylation sites is 2. The molecule has 0 saturated heterocycles. The topological polar surface area (TPSA) is 59.8 Å². The third-order valence-corrected chi connectivity index (χ3v) is 4.01. The maximum absolute atomic E-state index is 12.6. The average molecular weight is 349 g/mol. The standard InChI is InChI=1S/C19H13ClN4O/c20-13-7-8-16(18(11-13)24-9-3-4-10-24)23-19(25)17-12-21-14-5-1-2-6-15(14)22-17/h1-12H,(H,23,25). The highest BCUT2D eigenvalue weighted by molar-refractivity contribution is 6.31. The second kappa shape index (κ2) is 6.37. The van der Waals surface area contributed by atoms with Gasteiger partial charge in [-0.3, -0.25) is 9.78 Å². The van der Waals surface area contributed by atoms with Gasteiger partial charge in [0.2, 0.25) is 0 Å². The van der Waals surface area contributed by atoms with Gasteiger partial charge in [0.15, 0.2) is 0 Å². The van der Waals surface area contributed by atoms with E-state index >= 15 is 0 Å². The van der Waals surface area contributed by atoms with Crippen molar-refractivity contribution >= 4 is 34.2 Å². The van der Waals surface area contributed by atoms with Crippen LogP contribution >= 0.6 is 11.6 Å². The molecule has 6 heteroatoms. The zero-order chi connectivity index (χ0) is 17.2. The van der Waals surface area contributed by atoms with Crippen molar-refractivity contribution in [3.63, 3.8) is 0 Å². The van der Waals surface area contributed by atoms with Crippen molar-refractivity contribution < 1.29 is 4.79 Å². The van der Waals surface area contributed by atoms with Crippen molar-refractivity contribution in [2.24, 2.45) is 0 Å². The molecule has 25 heavy (non-hydrogen) atoms. The Balaban J connectivity index is 1.68. The largest absolute Gasteiger partial charge is 0.322 e. The lowest BCUT2D eigenvalue weighted by Gasteiger charge is -2.12. The van der Waals surface area contributed by atoms with Crippen molar-refractivity contribution in [3.05, 3.63) is 83.9 Å². The van der Waals surface area contributed by atoms with Crippen LogP contribution in [0.5, 0.6) is 0 Å². The van der Waals surface area contributed by atoms with Gasteiger partial charge in [-0.15, -0.1) is 0 Å². The van der Waals surface area contributed by atoms with Gasteiger partial charge >= 0.3 is 0 Å². The minimum atomic E-state index is -0.325. The summed E-state index contributed by atoms with van der Waals surface area (Å²) in [7, 11) is 0. The number of anilines is 1. The number of hydrogen-bond acceptors (Lipinski definition) is 3. The van der Waals surface area contributed by atoms with Gasteiger partial charge in [-0.25, -0.2) is 4.98 Å². The molecule has 0 radical (unpaired) electrons. The number of fused-ring (bicyclic) bond motifs is 1. The van der Waals surface area contributed by atoms with Crippen LogP contribution in [0.1, 0.15) is 10.5 Å². The molecule has 0 unspecified atom stereocenters. The Morgan fingerprint density at radius 3 is 2.56 bits per heavy atom. The van der Waals surface area contributed by atoms with E-state index in [0.717, 1.165) is 11.2 Å². The summed E-state index contributed by atoms with van der Waals surface area (Å²) in [6.45, 7) is 0. The van der Waals surface area contributed by atoms with Gasteiger partial charge in [-0.1, -0.05) is 23.7 Å². The average Bonchev–Trinajstić information content (AvgIpc) is 3.17. The number of carbonyl (C=O) groups is 1. The summed E-state index contributed by atoms with van der Waals surface area (Å²) in [5.41, 5.74) is 3.10. The van der Waals surface area contributed by atoms with Crippen molar-refractivity contribution in [2.45, 2.75) is 0 Å². The summed E-state index contributed by atoms with van der Waals surface area (Å²) in [6.07, 6.45) is 5.25. The van der Waals surface area contributed by atoms with Crippen molar-refractivity contribution in [1.29, 1.82) is 0 Å². The third kappa shape index (κ3) is 3.09. The van der Waals surface area contributed by atoms with Gasteiger partial charge in [0.05, 0.1) is 28.6 Å². The first-order valence-electron chi connectivity index (χ1n) is 7.67. The Morgan fingerprint density at radius 2 is 1.76 bits per heavy atom. The lowest BCUT2D eigenvalue weighted by Crippen LogP contribution is -2.15. The first-order valence-corrected chi connectivity index (χ1v) is 8.04. The monoisotopic (exact) mass is 348 g/mol. The molecule has 2 aromatic carbocycles. The van der Waals surface area contributed by atoms with E-state index in [9.17, 15) is 4.79 Å². The molecule has 2 aromatic heterocycles. The van der Waals surface area contributed by atoms with E-state index in [1.807, 2.05) is 53.4 Å². The number of halogens is 1. The molecule has 0 aliphatic heterocycles. The number of amides is 1. The Morgan fingerprint density at radius 1 is 1.00 bits per heavy atom. The van der Waals surface area contributed by atoms with Crippen LogP contribution in [0.2, 0.25) is 5.02 Å². The number of carbonyl (C=O) groups excluding carboxylic acids is 1. The zero-order valence-electron chi connectivity index (χ0n) is 13.1. The molecule has 0 atom stereocenters. The van der Waals surface area contributed by atoms with E-state index in [0.29, 0.717) is 16.2 Å². The van der Waals surface area contributed by atoms with Crippen LogP contribution in [0.25, 0.3) is 16.7 Å². The summed E-state index contributed by atoms with van der Waals surface area (Å²) in [5, 5.41) is 3.48. The highest BCUT2D eigenvalue weighted by Crippen LogP contribution is 2.25. The van der Waals surface area contributed by atoms with Crippen molar-refractivity contribution in [1.82, 2.24) is 14.5 Å². The maximum Gasteiger partial charge on any atom is 0.275 e. The predicted molar refractivity (Wildman–Crippen MR) is 98.3 cm³/mol. The summed E-state index contributed by atoms with van der Waals surface area (Å²) < 4.78 is 1.88. The van der Waals surface area contributed by atoms with E-state index in [1.54, 1.807) is 18.2 Å². The minimum Gasteiger partial charge on any atom is -0.322 e. The van der Waals surface area contributed by atoms with Crippen LogP contribution in [0.3, 0.4) is 0 Å². The number of aromatic nitrogens is 3. The maximum atomic E-state index is 12.6. The van der Waals surface area contributed by atoms with Crippen LogP contribution in [0.15, 0.2) is 73.2 Å². The van der Waals surface area contributed by atoms with Gasteiger partial charge in [-0.05, 0) is 42.5 Å². The molecular weight excluding hydrogens is 336 g/mol. The molecule has 1 amide bonds. The first-order chi connectivity index (χ1) is 12.2. The second-order valence-electron chi connectivity index (χ2n) is 5.45. The fraction of sp³-hybridized carbons (Fsp3) is 0. The lowest BCUT2D eigenvalue weighted by molar-refractivity contribution is 0.102. The van der Waals surface area contributed by atoms with Gasteiger partial charge in [0.25, 0.3) is 5.91 Å². The molecule has 4 rings (SSSR count). The molecule has 1 N–H and O–H groups in total. The van der Waals surface area contributed by atoms with E-state index < -0.39 is 0 Å². The lowest BCUT2D eigenvalue weighted by atomic mass is 10.2. The smallest absolute Gasteiger partial charge is 0.275 e. The highest BCUT2D eigenvalue weighted by atomic mass is 35.5. The Labute approximate surface area is 148 Å².